The molecule has 0 bridgehead atoms. The van der Waals surface area contributed by atoms with E-state index in [-0.39, 0.29) is 0 Å². The number of aromatic nitrogens is 2. The van der Waals surface area contributed by atoms with E-state index in [1.165, 1.54) is 0 Å². The number of methoxy groups -OCH3 is 1. The Hall–Kier alpha value is -2.10. The standard InChI is InChI=1S/C13H15N3O/c1-10-3-4-12(15-8-10)16-9-11-5-6-14-13(7-11)17-2/h3-8H,9H2,1-2H3,(H,15,16). The number of anilines is 1. The number of rotatable bonds is 4. The molecule has 4 heteroatoms. The molecule has 0 aliphatic heterocycles. The van der Waals surface area contributed by atoms with E-state index >= 15 is 0 Å². The third-order valence-corrected chi connectivity index (χ3v) is 2.39. The third kappa shape index (κ3) is 3.17. The highest BCUT2D eigenvalue weighted by Gasteiger charge is 1.98. The SMILES string of the molecule is COc1cc(CNc2ccc(C)cn2)ccn1. The molecular formula is C13H15N3O. The zero-order chi connectivity index (χ0) is 12.1. The second kappa shape index (κ2) is 5.30. The number of nitrogens with one attached hydrogen (secondary N) is 1. The summed E-state index contributed by atoms with van der Waals surface area (Å²) in [4.78, 5) is 8.34. The molecule has 1 N–H and O–H groups in total. The molecule has 88 valence electrons. The molecule has 0 radical (unpaired) electrons. The Morgan fingerprint density at radius 3 is 2.82 bits per heavy atom. The Bertz CT molecular complexity index is 482. The summed E-state index contributed by atoms with van der Waals surface area (Å²) in [6.45, 7) is 2.72. The average Bonchev–Trinajstić information content (AvgIpc) is 2.38. The molecule has 0 aliphatic carbocycles. The quantitative estimate of drug-likeness (QED) is 0.874. The first-order valence-electron chi connectivity index (χ1n) is 5.43. The lowest BCUT2D eigenvalue weighted by Gasteiger charge is -2.06. The first-order valence-corrected chi connectivity index (χ1v) is 5.43. The molecule has 0 saturated heterocycles. The van der Waals surface area contributed by atoms with Gasteiger partial charge in [0.1, 0.15) is 5.82 Å². The van der Waals surface area contributed by atoms with E-state index in [1.54, 1.807) is 13.3 Å². The highest BCUT2D eigenvalue weighted by molar-refractivity contribution is 5.36. The second-order valence-electron chi connectivity index (χ2n) is 3.78. The molecule has 0 amide bonds. The summed E-state index contributed by atoms with van der Waals surface area (Å²) in [6.07, 6.45) is 3.58. The number of hydrogen-bond acceptors (Lipinski definition) is 4. The molecule has 2 rings (SSSR count). The van der Waals surface area contributed by atoms with Crippen molar-refractivity contribution in [2.24, 2.45) is 0 Å². The summed E-state index contributed by atoms with van der Waals surface area (Å²) in [5.41, 5.74) is 2.26. The highest BCUT2D eigenvalue weighted by Crippen LogP contribution is 2.11. The van der Waals surface area contributed by atoms with Crippen LogP contribution in [0.15, 0.2) is 36.7 Å². The summed E-state index contributed by atoms with van der Waals surface area (Å²) in [7, 11) is 1.61. The van der Waals surface area contributed by atoms with Gasteiger partial charge in [0.25, 0.3) is 0 Å². The number of aryl methyl sites for hydroxylation is 1. The van der Waals surface area contributed by atoms with E-state index in [1.807, 2.05) is 37.4 Å². The predicted octanol–water partition coefficient (Wildman–Crippen LogP) is 2.41. The van der Waals surface area contributed by atoms with Crippen molar-refractivity contribution in [1.29, 1.82) is 0 Å². The van der Waals surface area contributed by atoms with Crippen LogP contribution in [0.25, 0.3) is 0 Å². The summed E-state index contributed by atoms with van der Waals surface area (Å²) in [5, 5.41) is 3.25. The Labute approximate surface area is 101 Å². The van der Waals surface area contributed by atoms with E-state index in [9.17, 15) is 0 Å². The minimum absolute atomic E-state index is 0.626. The summed E-state index contributed by atoms with van der Waals surface area (Å²) < 4.78 is 5.07. The zero-order valence-electron chi connectivity index (χ0n) is 9.97. The molecule has 17 heavy (non-hydrogen) atoms. The molecule has 4 nitrogen and oxygen atoms in total. The van der Waals surface area contributed by atoms with Crippen LogP contribution in [0.5, 0.6) is 5.88 Å². The molecule has 0 unspecified atom stereocenters. The van der Waals surface area contributed by atoms with Gasteiger partial charge < -0.3 is 10.1 Å². The van der Waals surface area contributed by atoms with Crippen LogP contribution in [0.1, 0.15) is 11.1 Å². The second-order valence-corrected chi connectivity index (χ2v) is 3.78. The molecule has 0 aliphatic rings. The lowest BCUT2D eigenvalue weighted by Crippen LogP contribution is -2.01. The number of nitrogens with zero attached hydrogens (tertiary/aromatic N) is 2. The molecule has 2 aromatic rings. The van der Waals surface area contributed by atoms with Gasteiger partial charge in [0.15, 0.2) is 0 Å². The molecule has 0 spiro atoms. The lowest BCUT2D eigenvalue weighted by molar-refractivity contribution is 0.397. The summed E-state index contributed by atoms with van der Waals surface area (Å²) >= 11 is 0. The summed E-state index contributed by atoms with van der Waals surface area (Å²) in [5.74, 6) is 1.49. The molecule has 0 atom stereocenters. The predicted molar refractivity (Wildman–Crippen MR) is 67.1 cm³/mol. The van der Waals surface area contributed by atoms with Crippen molar-refractivity contribution in [3.05, 3.63) is 47.8 Å². The highest BCUT2D eigenvalue weighted by atomic mass is 16.5. The molecule has 0 fully saturated rings. The van der Waals surface area contributed by atoms with Crippen LogP contribution in [-0.2, 0) is 6.54 Å². The maximum absolute atomic E-state index is 5.07. The number of pyridine rings is 2. The maximum atomic E-state index is 5.07. The largest absolute Gasteiger partial charge is 0.481 e. The Morgan fingerprint density at radius 2 is 2.12 bits per heavy atom. The van der Waals surface area contributed by atoms with Gasteiger partial charge >= 0.3 is 0 Å². The first kappa shape index (κ1) is 11.4. The van der Waals surface area contributed by atoms with Crippen molar-refractivity contribution >= 4 is 5.82 Å². The minimum Gasteiger partial charge on any atom is -0.481 e. The Morgan fingerprint density at radius 1 is 1.24 bits per heavy atom. The summed E-state index contributed by atoms with van der Waals surface area (Å²) in [6, 6.07) is 7.85. The van der Waals surface area contributed by atoms with Crippen LogP contribution >= 0.6 is 0 Å². The average molecular weight is 229 g/mol. The topological polar surface area (TPSA) is 47.0 Å². The molecule has 2 heterocycles. The van der Waals surface area contributed by atoms with Crippen LogP contribution in [0, 0.1) is 6.92 Å². The monoisotopic (exact) mass is 229 g/mol. The van der Waals surface area contributed by atoms with E-state index in [0.717, 1.165) is 16.9 Å². The van der Waals surface area contributed by atoms with E-state index < -0.39 is 0 Å². The molecule has 0 saturated carbocycles. The van der Waals surface area contributed by atoms with Crippen LogP contribution in [0.4, 0.5) is 5.82 Å². The minimum atomic E-state index is 0.626. The van der Waals surface area contributed by atoms with Crippen molar-refractivity contribution < 1.29 is 4.74 Å². The Balaban J connectivity index is 1.99. The van der Waals surface area contributed by atoms with Gasteiger partial charge in [-0.25, -0.2) is 9.97 Å². The van der Waals surface area contributed by atoms with Crippen molar-refractivity contribution in [3.8, 4) is 5.88 Å². The van der Waals surface area contributed by atoms with Crippen LogP contribution in [0.2, 0.25) is 0 Å². The van der Waals surface area contributed by atoms with Gasteiger partial charge in [0.05, 0.1) is 7.11 Å². The van der Waals surface area contributed by atoms with E-state index in [0.29, 0.717) is 12.4 Å². The maximum Gasteiger partial charge on any atom is 0.213 e. The van der Waals surface area contributed by atoms with Crippen molar-refractivity contribution in [3.63, 3.8) is 0 Å². The van der Waals surface area contributed by atoms with Gasteiger partial charge in [-0.15, -0.1) is 0 Å². The third-order valence-electron chi connectivity index (χ3n) is 2.39. The van der Waals surface area contributed by atoms with Crippen molar-refractivity contribution in [2.45, 2.75) is 13.5 Å². The van der Waals surface area contributed by atoms with Crippen LogP contribution in [-0.4, -0.2) is 17.1 Å². The van der Waals surface area contributed by atoms with E-state index in [4.69, 9.17) is 4.74 Å². The van der Waals surface area contributed by atoms with Gasteiger partial charge in [-0.2, -0.15) is 0 Å². The van der Waals surface area contributed by atoms with Crippen LogP contribution in [0.3, 0.4) is 0 Å². The lowest BCUT2D eigenvalue weighted by atomic mass is 10.2. The Kier molecular flexibility index (Phi) is 3.55. The van der Waals surface area contributed by atoms with Crippen molar-refractivity contribution in [2.75, 3.05) is 12.4 Å². The zero-order valence-corrected chi connectivity index (χ0v) is 9.97. The van der Waals surface area contributed by atoms with Gasteiger partial charge in [-0.3, -0.25) is 0 Å². The molecule has 0 aromatic carbocycles. The van der Waals surface area contributed by atoms with Crippen molar-refractivity contribution in [1.82, 2.24) is 9.97 Å². The number of ether oxygens (including phenoxy) is 1. The fourth-order valence-electron chi connectivity index (χ4n) is 1.44. The first-order chi connectivity index (χ1) is 8.28. The van der Waals surface area contributed by atoms with Crippen LogP contribution < -0.4 is 10.1 Å². The number of hydrogen-bond donors (Lipinski definition) is 1. The fourth-order valence-corrected chi connectivity index (χ4v) is 1.44. The van der Waals surface area contributed by atoms with Gasteiger partial charge in [-0.05, 0) is 30.2 Å². The normalized spacial score (nSPS) is 10.0. The van der Waals surface area contributed by atoms with Gasteiger partial charge in [0, 0.05) is 25.0 Å². The smallest absolute Gasteiger partial charge is 0.213 e. The van der Waals surface area contributed by atoms with Gasteiger partial charge in [-0.1, -0.05) is 6.07 Å². The molecular weight excluding hydrogens is 214 g/mol. The van der Waals surface area contributed by atoms with Gasteiger partial charge in [0.2, 0.25) is 5.88 Å². The molecule has 2 aromatic heterocycles. The fraction of sp³-hybridized carbons (Fsp3) is 0.231. The van der Waals surface area contributed by atoms with E-state index in [2.05, 4.69) is 15.3 Å².